The SMILES string of the molecule is CCn1cc(-c2ccc(C)cc2Cl)nc1C=Cc1ccc(-c2ccc(Oc3ccc(N(C)S(=O)(=O)C(F)(F)F)cc3)cc2)cc1. The second kappa shape index (κ2) is 12.8. The molecule has 6 nitrogen and oxygen atoms in total. The minimum atomic E-state index is -5.48. The number of benzene rings is 4. The van der Waals surface area contributed by atoms with Gasteiger partial charge in [-0.2, -0.15) is 21.6 Å². The van der Waals surface area contributed by atoms with Gasteiger partial charge in [-0.15, -0.1) is 0 Å². The molecule has 11 heteroatoms. The maximum absolute atomic E-state index is 12.8. The number of sulfonamides is 1. The highest BCUT2D eigenvalue weighted by Gasteiger charge is 2.49. The first-order valence-electron chi connectivity index (χ1n) is 13.9. The molecule has 0 bridgehead atoms. The average Bonchev–Trinajstić information content (AvgIpc) is 3.43. The van der Waals surface area contributed by atoms with Gasteiger partial charge >= 0.3 is 15.5 Å². The van der Waals surface area contributed by atoms with E-state index in [9.17, 15) is 21.6 Å². The molecule has 0 N–H and O–H groups in total. The molecule has 0 amide bonds. The van der Waals surface area contributed by atoms with Crippen molar-refractivity contribution in [2.75, 3.05) is 11.4 Å². The van der Waals surface area contributed by atoms with Crippen molar-refractivity contribution in [2.45, 2.75) is 25.9 Å². The molecule has 0 aliphatic carbocycles. The zero-order chi connectivity index (χ0) is 32.4. The molecule has 0 atom stereocenters. The molecule has 0 saturated carbocycles. The second-order valence-electron chi connectivity index (χ2n) is 10.2. The molecule has 0 saturated heterocycles. The Morgan fingerprint density at radius 2 is 1.47 bits per heavy atom. The molecule has 0 aliphatic heterocycles. The predicted molar refractivity (Wildman–Crippen MR) is 174 cm³/mol. The Hall–Kier alpha value is -4.54. The standard InChI is InChI=1S/C34H29ClF3N3O3S/c1-4-41-22-32(30-19-5-23(2)21-31(30)35)39-33(41)20-8-24-6-9-25(10-7-24)26-11-15-28(16-12-26)44-29-17-13-27(14-18-29)40(3)45(42,43)34(36,37)38/h5-22H,4H2,1-3H3. The van der Waals surface area contributed by atoms with Crippen LogP contribution in [0.25, 0.3) is 34.5 Å². The molecule has 5 rings (SSSR count). The number of imidazole rings is 1. The quantitative estimate of drug-likeness (QED) is 0.159. The van der Waals surface area contributed by atoms with Crippen LogP contribution in [0.2, 0.25) is 5.02 Å². The number of ether oxygens (including phenoxy) is 1. The number of alkyl halides is 3. The van der Waals surface area contributed by atoms with Gasteiger partial charge in [0, 0.05) is 25.4 Å². The Bertz CT molecular complexity index is 1940. The number of nitrogens with zero attached hydrogens (tertiary/aromatic N) is 3. The third kappa shape index (κ3) is 7.08. The molecule has 0 radical (unpaired) electrons. The summed E-state index contributed by atoms with van der Waals surface area (Å²) in [6, 6.07) is 26.7. The maximum Gasteiger partial charge on any atom is 0.516 e. The summed E-state index contributed by atoms with van der Waals surface area (Å²) >= 11 is 6.47. The summed E-state index contributed by atoms with van der Waals surface area (Å²) in [6.45, 7) is 4.83. The first-order chi connectivity index (χ1) is 21.4. The number of rotatable bonds is 9. The Kier molecular flexibility index (Phi) is 9.08. The van der Waals surface area contributed by atoms with E-state index in [2.05, 4.69) is 11.5 Å². The zero-order valence-electron chi connectivity index (χ0n) is 24.6. The molecular formula is C34H29ClF3N3O3S. The van der Waals surface area contributed by atoms with Crippen molar-refractivity contribution < 1.29 is 26.3 Å². The second-order valence-corrected chi connectivity index (χ2v) is 12.6. The van der Waals surface area contributed by atoms with E-state index < -0.39 is 15.5 Å². The smallest absolute Gasteiger partial charge is 0.457 e. The van der Waals surface area contributed by atoms with E-state index in [1.165, 1.54) is 24.3 Å². The van der Waals surface area contributed by atoms with Gasteiger partial charge in [0.05, 0.1) is 16.4 Å². The van der Waals surface area contributed by atoms with Crippen LogP contribution in [0, 0.1) is 6.92 Å². The van der Waals surface area contributed by atoms with E-state index in [4.69, 9.17) is 21.3 Å². The van der Waals surface area contributed by atoms with Gasteiger partial charge in [0.15, 0.2) is 0 Å². The molecule has 232 valence electrons. The molecule has 0 spiro atoms. The fourth-order valence-corrected chi connectivity index (χ4v) is 5.64. The summed E-state index contributed by atoms with van der Waals surface area (Å²) in [5, 5.41) is 0.672. The Morgan fingerprint density at radius 1 is 0.889 bits per heavy atom. The lowest BCUT2D eigenvalue weighted by molar-refractivity contribution is -0.0437. The highest BCUT2D eigenvalue weighted by Crippen LogP contribution is 2.32. The van der Waals surface area contributed by atoms with Crippen LogP contribution < -0.4 is 9.04 Å². The highest BCUT2D eigenvalue weighted by atomic mass is 35.5. The molecule has 0 fully saturated rings. The Morgan fingerprint density at radius 3 is 2.02 bits per heavy atom. The number of halogens is 4. The van der Waals surface area contributed by atoms with Gasteiger partial charge in [-0.3, -0.25) is 4.31 Å². The van der Waals surface area contributed by atoms with Crippen LogP contribution in [0.1, 0.15) is 23.9 Å². The number of aryl methyl sites for hydroxylation is 2. The first kappa shape index (κ1) is 31.9. The Labute approximate surface area is 265 Å². The Balaban J connectivity index is 1.24. The monoisotopic (exact) mass is 651 g/mol. The lowest BCUT2D eigenvalue weighted by Gasteiger charge is -2.21. The fraction of sp³-hybridized carbons (Fsp3) is 0.147. The molecule has 0 unspecified atom stereocenters. The number of aromatic nitrogens is 2. The summed E-state index contributed by atoms with van der Waals surface area (Å²) < 4.78 is 69.8. The van der Waals surface area contributed by atoms with E-state index in [0.29, 0.717) is 16.5 Å². The van der Waals surface area contributed by atoms with Gasteiger partial charge in [0.2, 0.25) is 0 Å². The molecular weight excluding hydrogens is 623 g/mol. The van der Waals surface area contributed by atoms with E-state index in [1.807, 2.05) is 79.9 Å². The normalized spacial score (nSPS) is 12.1. The van der Waals surface area contributed by atoms with Crippen molar-refractivity contribution in [1.82, 2.24) is 9.55 Å². The van der Waals surface area contributed by atoms with Crippen LogP contribution in [0.5, 0.6) is 11.5 Å². The van der Waals surface area contributed by atoms with Crippen LogP contribution >= 0.6 is 11.6 Å². The summed E-state index contributed by atoms with van der Waals surface area (Å²) in [5.41, 5.74) is 0.264. The molecule has 1 aromatic heterocycles. The van der Waals surface area contributed by atoms with Gasteiger partial charge in [0.25, 0.3) is 0 Å². The van der Waals surface area contributed by atoms with Crippen LogP contribution in [-0.2, 0) is 16.6 Å². The molecule has 0 aliphatic rings. The lowest BCUT2D eigenvalue weighted by Crippen LogP contribution is -2.38. The predicted octanol–water partition coefficient (Wildman–Crippen LogP) is 9.45. The van der Waals surface area contributed by atoms with Gasteiger partial charge in [0.1, 0.15) is 17.3 Å². The number of hydrogen-bond acceptors (Lipinski definition) is 4. The van der Waals surface area contributed by atoms with Crippen molar-refractivity contribution in [1.29, 1.82) is 0 Å². The van der Waals surface area contributed by atoms with E-state index in [1.54, 1.807) is 12.1 Å². The first-order valence-corrected chi connectivity index (χ1v) is 15.7. The van der Waals surface area contributed by atoms with E-state index in [-0.39, 0.29) is 9.99 Å². The molecule has 4 aromatic carbocycles. The van der Waals surface area contributed by atoms with E-state index in [0.717, 1.165) is 52.9 Å². The molecule has 5 aromatic rings. The maximum atomic E-state index is 12.8. The third-order valence-corrected chi connectivity index (χ3v) is 8.99. The average molecular weight is 652 g/mol. The fourth-order valence-electron chi connectivity index (χ4n) is 4.60. The van der Waals surface area contributed by atoms with Crippen molar-refractivity contribution in [3.63, 3.8) is 0 Å². The third-order valence-electron chi connectivity index (χ3n) is 7.16. The van der Waals surface area contributed by atoms with Crippen LogP contribution in [0.15, 0.2) is 97.2 Å². The van der Waals surface area contributed by atoms with Crippen LogP contribution in [0.3, 0.4) is 0 Å². The molecule has 1 heterocycles. The minimum absolute atomic E-state index is 0.138. The summed E-state index contributed by atoms with van der Waals surface area (Å²) in [5.74, 6) is 1.69. The zero-order valence-corrected chi connectivity index (χ0v) is 26.2. The largest absolute Gasteiger partial charge is 0.516 e. The van der Waals surface area contributed by atoms with Gasteiger partial charge in [-0.1, -0.05) is 66.2 Å². The van der Waals surface area contributed by atoms with Crippen molar-refractivity contribution >= 4 is 39.5 Å². The van der Waals surface area contributed by atoms with Crippen LogP contribution in [0.4, 0.5) is 18.9 Å². The van der Waals surface area contributed by atoms with Gasteiger partial charge in [-0.25, -0.2) is 4.98 Å². The lowest BCUT2D eigenvalue weighted by atomic mass is 10.0. The summed E-state index contributed by atoms with van der Waals surface area (Å²) in [7, 11) is -4.64. The number of hydrogen-bond donors (Lipinski definition) is 0. The summed E-state index contributed by atoms with van der Waals surface area (Å²) in [6.07, 6.45) is 6.00. The topological polar surface area (TPSA) is 64.4 Å². The minimum Gasteiger partial charge on any atom is -0.457 e. The van der Waals surface area contributed by atoms with Crippen LogP contribution in [-0.4, -0.2) is 30.5 Å². The van der Waals surface area contributed by atoms with Gasteiger partial charge < -0.3 is 9.30 Å². The van der Waals surface area contributed by atoms with Gasteiger partial charge in [-0.05, 0) is 84.6 Å². The number of anilines is 1. The van der Waals surface area contributed by atoms with E-state index >= 15 is 0 Å². The van der Waals surface area contributed by atoms with Crippen molar-refractivity contribution in [2.24, 2.45) is 0 Å². The van der Waals surface area contributed by atoms with Crippen molar-refractivity contribution in [3.05, 3.63) is 119 Å². The molecule has 45 heavy (non-hydrogen) atoms. The van der Waals surface area contributed by atoms with Crippen molar-refractivity contribution in [3.8, 4) is 33.9 Å². The summed E-state index contributed by atoms with van der Waals surface area (Å²) in [4.78, 5) is 4.80. The highest BCUT2D eigenvalue weighted by molar-refractivity contribution is 7.93.